The molecule has 1 aliphatic heterocycles. The van der Waals surface area contributed by atoms with Crippen molar-refractivity contribution in [2.45, 2.75) is 12.7 Å². The van der Waals surface area contributed by atoms with Crippen LogP contribution in [-0.4, -0.2) is 19.8 Å². The fourth-order valence-corrected chi connectivity index (χ4v) is 1.79. The predicted molar refractivity (Wildman–Crippen MR) is 46.0 cm³/mol. The first-order valence-corrected chi connectivity index (χ1v) is 5.61. The Hall–Kier alpha value is -1.17. The minimum atomic E-state index is -4.11. The van der Waals surface area contributed by atoms with Crippen LogP contribution in [0.3, 0.4) is 0 Å². The van der Waals surface area contributed by atoms with Crippen LogP contribution in [0.2, 0.25) is 0 Å². The first-order valence-electron chi connectivity index (χ1n) is 3.81. The minimum Gasteiger partial charge on any atom is -0.324 e. The maximum absolute atomic E-state index is 10.8. The second kappa shape index (κ2) is 3.20. The Morgan fingerprint density at radius 2 is 2.21 bits per heavy atom. The van der Waals surface area contributed by atoms with Crippen LogP contribution in [0.25, 0.3) is 0 Å². The van der Waals surface area contributed by atoms with Gasteiger partial charge in [-0.15, -0.1) is 0 Å². The number of rotatable bonds is 2. The summed E-state index contributed by atoms with van der Waals surface area (Å²) in [5, 5.41) is 7.45. The quantitative estimate of drug-likeness (QED) is 0.706. The van der Waals surface area contributed by atoms with Crippen molar-refractivity contribution >= 4 is 13.3 Å². The van der Waals surface area contributed by atoms with E-state index in [4.69, 9.17) is 9.79 Å². The van der Waals surface area contributed by atoms with Crippen LogP contribution in [0.1, 0.15) is 11.4 Å². The summed E-state index contributed by atoms with van der Waals surface area (Å²) in [5.74, 6) is 0. The van der Waals surface area contributed by atoms with Gasteiger partial charge in [0.05, 0.1) is 17.5 Å². The topological polar surface area (TPSA) is 108 Å². The third-order valence-corrected chi connectivity index (χ3v) is 2.43. The Labute approximate surface area is 79.1 Å². The third kappa shape index (κ3) is 1.84. The van der Waals surface area contributed by atoms with Crippen LogP contribution in [-0.2, 0) is 17.3 Å². The fraction of sp³-hybridized carbons (Fsp3) is 0.333. The van der Waals surface area contributed by atoms with E-state index >= 15 is 0 Å². The SMILES string of the molecule is O=P(O)(O)Cc1ncnc2c1N=NC2. The van der Waals surface area contributed by atoms with Gasteiger partial charge < -0.3 is 9.79 Å². The molecule has 0 radical (unpaired) electrons. The number of azo groups is 1. The fourth-order valence-electron chi connectivity index (χ4n) is 1.17. The molecule has 14 heavy (non-hydrogen) atoms. The van der Waals surface area contributed by atoms with Crippen LogP contribution in [0.5, 0.6) is 0 Å². The molecule has 0 spiro atoms. The molecule has 1 aromatic heterocycles. The van der Waals surface area contributed by atoms with Gasteiger partial charge in [0, 0.05) is 0 Å². The van der Waals surface area contributed by atoms with E-state index in [1.807, 2.05) is 0 Å². The van der Waals surface area contributed by atoms with Crippen LogP contribution < -0.4 is 0 Å². The van der Waals surface area contributed by atoms with Crippen LogP contribution in [0.15, 0.2) is 16.6 Å². The predicted octanol–water partition coefficient (Wildman–Crippen LogP) is 0.752. The average Bonchev–Trinajstić information content (AvgIpc) is 2.49. The minimum absolute atomic E-state index is 0.254. The van der Waals surface area contributed by atoms with Crippen molar-refractivity contribution in [1.82, 2.24) is 9.97 Å². The summed E-state index contributed by atoms with van der Waals surface area (Å²) in [6.45, 7) is 0.353. The summed E-state index contributed by atoms with van der Waals surface area (Å²) in [4.78, 5) is 25.2. The molecule has 8 heteroatoms. The van der Waals surface area contributed by atoms with Gasteiger partial charge >= 0.3 is 7.60 Å². The lowest BCUT2D eigenvalue weighted by atomic mass is 10.3. The van der Waals surface area contributed by atoms with E-state index in [0.717, 1.165) is 0 Å². The zero-order chi connectivity index (χ0) is 10.2. The molecule has 1 aliphatic rings. The van der Waals surface area contributed by atoms with E-state index in [1.54, 1.807) is 0 Å². The van der Waals surface area contributed by atoms with Crippen molar-refractivity contribution in [2.75, 3.05) is 0 Å². The molecular weight excluding hydrogens is 207 g/mol. The zero-order valence-corrected chi connectivity index (χ0v) is 7.92. The van der Waals surface area contributed by atoms with Crippen molar-refractivity contribution in [3.05, 3.63) is 17.7 Å². The summed E-state index contributed by atoms with van der Waals surface area (Å²) in [6.07, 6.45) is 0.844. The Kier molecular flexibility index (Phi) is 2.14. The van der Waals surface area contributed by atoms with Crippen LogP contribution >= 0.6 is 7.60 Å². The van der Waals surface area contributed by atoms with Crippen molar-refractivity contribution in [3.63, 3.8) is 0 Å². The highest BCUT2D eigenvalue weighted by molar-refractivity contribution is 7.50. The van der Waals surface area contributed by atoms with Gasteiger partial charge in [0.1, 0.15) is 18.6 Å². The summed E-state index contributed by atoms with van der Waals surface area (Å²) in [5.41, 5.74) is 1.27. The average molecular weight is 214 g/mol. The maximum Gasteiger partial charge on any atom is 0.331 e. The highest BCUT2D eigenvalue weighted by Gasteiger charge is 2.22. The lowest BCUT2D eigenvalue weighted by Crippen LogP contribution is -1.95. The third-order valence-electron chi connectivity index (χ3n) is 1.72. The zero-order valence-electron chi connectivity index (χ0n) is 7.03. The molecule has 0 fully saturated rings. The van der Waals surface area contributed by atoms with Gasteiger partial charge in [-0.25, -0.2) is 9.97 Å². The maximum atomic E-state index is 10.8. The molecular formula is C6H7N4O3P. The lowest BCUT2D eigenvalue weighted by Gasteiger charge is -2.04. The number of nitrogens with zero attached hydrogens (tertiary/aromatic N) is 4. The molecule has 0 amide bonds. The summed E-state index contributed by atoms with van der Waals surface area (Å²) < 4.78 is 10.8. The molecule has 0 saturated carbocycles. The standard InChI is InChI=1S/C6H7N4O3P/c11-14(12,13)2-5-6-4(1-9-10-6)7-3-8-5/h3H,1-2H2,(H2,11,12,13). The first kappa shape index (κ1) is 9.39. The Morgan fingerprint density at radius 3 is 2.93 bits per heavy atom. The largest absolute Gasteiger partial charge is 0.331 e. The van der Waals surface area contributed by atoms with Gasteiger partial charge in [0.25, 0.3) is 0 Å². The van der Waals surface area contributed by atoms with E-state index in [9.17, 15) is 4.57 Å². The second-order valence-corrected chi connectivity index (χ2v) is 4.48. The summed E-state index contributed by atoms with van der Waals surface area (Å²) >= 11 is 0. The van der Waals surface area contributed by atoms with Gasteiger partial charge in [-0.2, -0.15) is 10.2 Å². The van der Waals surface area contributed by atoms with E-state index < -0.39 is 13.8 Å². The normalized spacial score (nSPS) is 14.4. The lowest BCUT2D eigenvalue weighted by molar-refractivity contribution is 0.371. The molecule has 2 N–H and O–H groups in total. The summed E-state index contributed by atoms with van der Waals surface area (Å²) in [6, 6.07) is 0. The highest BCUT2D eigenvalue weighted by Crippen LogP contribution is 2.42. The highest BCUT2D eigenvalue weighted by atomic mass is 31.2. The molecule has 0 atom stereocenters. The van der Waals surface area contributed by atoms with Gasteiger partial charge in [0.2, 0.25) is 0 Å². The molecule has 2 rings (SSSR count). The van der Waals surface area contributed by atoms with Crippen molar-refractivity contribution in [1.29, 1.82) is 0 Å². The Bertz CT molecular complexity index is 441. The van der Waals surface area contributed by atoms with Gasteiger partial charge in [-0.3, -0.25) is 4.57 Å². The van der Waals surface area contributed by atoms with E-state index in [1.165, 1.54) is 6.33 Å². The molecule has 0 saturated heterocycles. The molecule has 2 heterocycles. The molecule has 0 aliphatic carbocycles. The summed E-state index contributed by atoms with van der Waals surface area (Å²) in [7, 11) is -4.11. The van der Waals surface area contributed by atoms with Gasteiger partial charge in [-0.05, 0) is 0 Å². The van der Waals surface area contributed by atoms with Crippen LogP contribution in [0, 0.1) is 0 Å². The number of fused-ring (bicyclic) bond motifs is 1. The van der Waals surface area contributed by atoms with Gasteiger partial charge in [-0.1, -0.05) is 0 Å². The van der Waals surface area contributed by atoms with Crippen molar-refractivity contribution in [3.8, 4) is 0 Å². The molecule has 1 aromatic rings. The number of hydrogen-bond donors (Lipinski definition) is 2. The van der Waals surface area contributed by atoms with E-state index in [0.29, 0.717) is 17.9 Å². The van der Waals surface area contributed by atoms with Crippen molar-refractivity contribution < 1.29 is 14.4 Å². The van der Waals surface area contributed by atoms with E-state index in [-0.39, 0.29) is 5.69 Å². The van der Waals surface area contributed by atoms with Gasteiger partial charge in [0.15, 0.2) is 0 Å². The molecule has 0 aromatic carbocycles. The second-order valence-electron chi connectivity index (χ2n) is 2.84. The molecule has 74 valence electrons. The molecule has 7 nitrogen and oxygen atoms in total. The number of aromatic nitrogens is 2. The van der Waals surface area contributed by atoms with Crippen LogP contribution in [0.4, 0.5) is 5.69 Å². The van der Waals surface area contributed by atoms with E-state index in [2.05, 4.69) is 20.2 Å². The first-order chi connectivity index (χ1) is 6.56. The monoisotopic (exact) mass is 214 g/mol. The van der Waals surface area contributed by atoms with Crippen molar-refractivity contribution in [2.24, 2.45) is 10.2 Å². The Morgan fingerprint density at radius 1 is 1.43 bits per heavy atom. The molecule has 0 bridgehead atoms. The number of hydrogen-bond acceptors (Lipinski definition) is 5. The molecule has 0 unspecified atom stereocenters. The Balaban J connectivity index is 2.40. The smallest absolute Gasteiger partial charge is 0.324 e.